The van der Waals surface area contributed by atoms with Crippen LogP contribution in [0.15, 0.2) is 54.6 Å². The van der Waals surface area contributed by atoms with Crippen LogP contribution in [-0.4, -0.2) is 37.6 Å². The summed E-state index contributed by atoms with van der Waals surface area (Å²) in [5.74, 6) is 0.762. The van der Waals surface area contributed by atoms with Gasteiger partial charge in [0.15, 0.2) is 6.10 Å². The predicted octanol–water partition coefficient (Wildman–Crippen LogP) is 2.54. The lowest BCUT2D eigenvalue weighted by molar-refractivity contribution is -0.136. The Labute approximate surface area is 130 Å². The zero-order valence-electron chi connectivity index (χ0n) is 12.9. The van der Waals surface area contributed by atoms with Crippen LogP contribution in [0.25, 0.3) is 0 Å². The molecule has 0 aromatic heterocycles. The van der Waals surface area contributed by atoms with E-state index in [0.29, 0.717) is 6.54 Å². The van der Waals surface area contributed by atoms with Crippen molar-refractivity contribution in [2.45, 2.75) is 12.6 Å². The Morgan fingerprint density at radius 1 is 1.14 bits per heavy atom. The quantitative estimate of drug-likeness (QED) is 0.872. The van der Waals surface area contributed by atoms with Crippen molar-refractivity contribution in [1.82, 2.24) is 4.90 Å². The summed E-state index contributed by atoms with van der Waals surface area (Å²) in [6, 6.07) is 18.2. The first-order chi connectivity index (χ1) is 10.6. The molecule has 2 aromatic carbocycles. The van der Waals surface area contributed by atoms with Crippen molar-refractivity contribution in [2.75, 3.05) is 25.5 Å². The number of amides is 1. The molecule has 1 aliphatic rings. The first kappa shape index (κ1) is 14.4. The summed E-state index contributed by atoms with van der Waals surface area (Å²) < 4.78 is 5.89. The molecule has 0 saturated heterocycles. The number of hydrogen-bond acceptors (Lipinski definition) is 3. The number of hydrogen-bond donors (Lipinski definition) is 0. The summed E-state index contributed by atoms with van der Waals surface area (Å²) in [5.41, 5.74) is 2.25. The monoisotopic (exact) mass is 296 g/mol. The van der Waals surface area contributed by atoms with Crippen molar-refractivity contribution in [3.63, 3.8) is 0 Å². The van der Waals surface area contributed by atoms with Crippen LogP contribution in [0.2, 0.25) is 0 Å². The highest BCUT2D eigenvalue weighted by molar-refractivity contribution is 5.83. The Hall–Kier alpha value is -2.49. The summed E-state index contributed by atoms with van der Waals surface area (Å²) in [5, 5.41) is 0. The van der Waals surface area contributed by atoms with Gasteiger partial charge < -0.3 is 14.5 Å². The summed E-state index contributed by atoms with van der Waals surface area (Å²) in [7, 11) is 3.52. The molecule has 1 unspecified atom stereocenters. The average Bonchev–Trinajstić information content (AvgIpc) is 2.55. The van der Waals surface area contributed by atoms with Gasteiger partial charge in [-0.15, -0.1) is 0 Å². The molecule has 4 heteroatoms. The van der Waals surface area contributed by atoms with Crippen LogP contribution < -0.4 is 9.64 Å². The van der Waals surface area contributed by atoms with Crippen molar-refractivity contribution in [1.29, 1.82) is 0 Å². The van der Waals surface area contributed by atoms with E-state index in [4.69, 9.17) is 4.74 Å². The van der Waals surface area contributed by atoms with Gasteiger partial charge in [-0.1, -0.05) is 42.5 Å². The lowest BCUT2D eigenvalue weighted by Gasteiger charge is -2.36. The molecule has 1 heterocycles. The minimum absolute atomic E-state index is 0.00688. The Balaban J connectivity index is 1.89. The fourth-order valence-corrected chi connectivity index (χ4v) is 2.68. The molecule has 1 aliphatic heterocycles. The van der Waals surface area contributed by atoms with E-state index in [0.717, 1.165) is 18.0 Å². The lowest BCUT2D eigenvalue weighted by atomic mass is 10.1. The number of likely N-dealkylation sites (N-methyl/N-ethyl adjacent to an activating group) is 1. The van der Waals surface area contributed by atoms with E-state index in [1.54, 1.807) is 19.0 Å². The van der Waals surface area contributed by atoms with Crippen LogP contribution in [0.4, 0.5) is 5.69 Å². The number of para-hydroxylation sites is 2. The zero-order valence-corrected chi connectivity index (χ0v) is 12.9. The average molecular weight is 296 g/mol. The maximum absolute atomic E-state index is 12.3. The summed E-state index contributed by atoms with van der Waals surface area (Å²) in [6.07, 6.45) is -0.464. The van der Waals surface area contributed by atoms with E-state index in [2.05, 4.69) is 17.0 Å². The van der Waals surface area contributed by atoms with Crippen LogP contribution in [0.3, 0.4) is 0 Å². The van der Waals surface area contributed by atoms with Gasteiger partial charge in [-0.25, -0.2) is 0 Å². The molecule has 114 valence electrons. The molecule has 0 aliphatic carbocycles. The van der Waals surface area contributed by atoms with Crippen molar-refractivity contribution in [3.05, 3.63) is 60.2 Å². The Morgan fingerprint density at radius 2 is 1.82 bits per heavy atom. The number of anilines is 1. The molecule has 0 fully saturated rings. The van der Waals surface area contributed by atoms with E-state index in [1.807, 2.05) is 42.5 Å². The van der Waals surface area contributed by atoms with Crippen LogP contribution in [0, 0.1) is 0 Å². The number of fused-ring (bicyclic) bond motifs is 1. The molecule has 0 bridgehead atoms. The third-order valence-electron chi connectivity index (χ3n) is 3.79. The molecular weight excluding hydrogens is 276 g/mol. The second-order valence-electron chi connectivity index (χ2n) is 5.67. The fourth-order valence-electron chi connectivity index (χ4n) is 2.68. The zero-order chi connectivity index (χ0) is 15.5. The van der Waals surface area contributed by atoms with E-state index >= 15 is 0 Å². The van der Waals surface area contributed by atoms with Crippen LogP contribution >= 0.6 is 0 Å². The Bertz CT molecular complexity index is 655. The molecule has 1 amide bonds. The van der Waals surface area contributed by atoms with Crippen molar-refractivity contribution >= 4 is 11.6 Å². The standard InChI is InChI=1S/C18H20N2O2/c1-19(2)18(21)17-13-20(12-14-8-4-3-5-9-14)15-10-6-7-11-16(15)22-17/h3-11,17H,12-13H2,1-2H3. The second kappa shape index (κ2) is 6.10. The summed E-state index contributed by atoms with van der Waals surface area (Å²) >= 11 is 0. The van der Waals surface area contributed by atoms with E-state index < -0.39 is 6.10 Å². The molecule has 0 N–H and O–H groups in total. The van der Waals surface area contributed by atoms with Gasteiger partial charge in [-0.2, -0.15) is 0 Å². The first-order valence-electron chi connectivity index (χ1n) is 7.41. The molecule has 3 rings (SSSR count). The van der Waals surface area contributed by atoms with Crippen LogP contribution in [0.1, 0.15) is 5.56 Å². The van der Waals surface area contributed by atoms with Gasteiger partial charge in [0.25, 0.3) is 5.91 Å². The number of nitrogens with zero attached hydrogens (tertiary/aromatic N) is 2. The number of carbonyl (C=O) groups is 1. The molecule has 4 nitrogen and oxygen atoms in total. The largest absolute Gasteiger partial charge is 0.477 e. The summed E-state index contributed by atoms with van der Waals surface area (Å²) in [4.78, 5) is 16.1. The number of carbonyl (C=O) groups excluding carboxylic acids is 1. The molecule has 0 saturated carbocycles. The van der Waals surface area contributed by atoms with Gasteiger partial charge in [0, 0.05) is 20.6 Å². The highest BCUT2D eigenvalue weighted by Crippen LogP contribution is 2.34. The smallest absolute Gasteiger partial charge is 0.265 e. The SMILES string of the molecule is CN(C)C(=O)C1CN(Cc2ccccc2)c2ccccc2O1. The van der Waals surface area contributed by atoms with Gasteiger partial charge in [-0.3, -0.25) is 4.79 Å². The predicted molar refractivity (Wildman–Crippen MR) is 87.0 cm³/mol. The lowest BCUT2D eigenvalue weighted by Crippen LogP contribution is -2.48. The Morgan fingerprint density at radius 3 is 2.55 bits per heavy atom. The topological polar surface area (TPSA) is 32.8 Å². The van der Waals surface area contributed by atoms with Crippen LogP contribution in [-0.2, 0) is 11.3 Å². The molecule has 2 aromatic rings. The number of benzene rings is 2. The summed E-state index contributed by atoms with van der Waals surface area (Å²) in [6.45, 7) is 1.32. The number of ether oxygens (including phenoxy) is 1. The molecule has 1 atom stereocenters. The minimum atomic E-state index is -0.464. The van der Waals surface area contributed by atoms with Crippen LogP contribution in [0.5, 0.6) is 5.75 Å². The van der Waals surface area contributed by atoms with Gasteiger partial charge >= 0.3 is 0 Å². The van der Waals surface area contributed by atoms with Gasteiger partial charge in [-0.05, 0) is 17.7 Å². The second-order valence-corrected chi connectivity index (χ2v) is 5.67. The molecule has 22 heavy (non-hydrogen) atoms. The van der Waals surface area contributed by atoms with Gasteiger partial charge in [0.1, 0.15) is 5.75 Å². The number of rotatable bonds is 3. The van der Waals surface area contributed by atoms with Gasteiger partial charge in [0.2, 0.25) is 0 Å². The molecular formula is C18H20N2O2. The first-order valence-corrected chi connectivity index (χ1v) is 7.41. The van der Waals surface area contributed by atoms with Crippen molar-refractivity contribution < 1.29 is 9.53 Å². The maximum atomic E-state index is 12.3. The molecule has 0 spiro atoms. The highest BCUT2D eigenvalue weighted by atomic mass is 16.5. The third-order valence-corrected chi connectivity index (χ3v) is 3.79. The normalized spacial score (nSPS) is 16.6. The fraction of sp³-hybridized carbons (Fsp3) is 0.278. The van der Waals surface area contributed by atoms with E-state index in [-0.39, 0.29) is 5.91 Å². The highest BCUT2D eigenvalue weighted by Gasteiger charge is 2.31. The molecule has 0 radical (unpaired) electrons. The van der Waals surface area contributed by atoms with Crippen molar-refractivity contribution in [3.8, 4) is 5.75 Å². The van der Waals surface area contributed by atoms with E-state index in [9.17, 15) is 4.79 Å². The van der Waals surface area contributed by atoms with Crippen molar-refractivity contribution in [2.24, 2.45) is 0 Å². The maximum Gasteiger partial charge on any atom is 0.265 e. The Kier molecular flexibility index (Phi) is 4.00. The van der Waals surface area contributed by atoms with E-state index in [1.165, 1.54) is 5.56 Å². The van der Waals surface area contributed by atoms with Gasteiger partial charge in [0.05, 0.1) is 12.2 Å². The third kappa shape index (κ3) is 2.91. The minimum Gasteiger partial charge on any atom is -0.477 e.